The summed E-state index contributed by atoms with van der Waals surface area (Å²) >= 11 is 0. The smallest absolute Gasteiger partial charge is 0.0624 e. The van der Waals surface area contributed by atoms with Gasteiger partial charge in [-0.2, -0.15) is 5.10 Å². The third-order valence-corrected chi connectivity index (χ3v) is 3.48. The number of hydrogen-bond donors (Lipinski definition) is 1. The Bertz CT molecular complexity index is 519. The van der Waals surface area contributed by atoms with Crippen LogP contribution < -0.4 is 5.32 Å². The highest BCUT2D eigenvalue weighted by Gasteiger charge is 2.15. The van der Waals surface area contributed by atoms with Gasteiger partial charge >= 0.3 is 0 Å². The number of aryl methyl sites for hydroxylation is 2. The van der Waals surface area contributed by atoms with E-state index in [0.29, 0.717) is 0 Å². The van der Waals surface area contributed by atoms with E-state index >= 15 is 0 Å². The summed E-state index contributed by atoms with van der Waals surface area (Å²) < 4.78 is 2.10. The van der Waals surface area contributed by atoms with Crippen molar-refractivity contribution in [1.82, 2.24) is 20.1 Å². The van der Waals surface area contributed by atoms with E-state index in [2.05, 4.69) is 53.0 Å². The van der Waals surface area contributed by atoms with Crippen molar-refractivity contribution in [3.63, 3.8) is 0 Å². The average molecular weight is 272 g/mol. The molecule has 0 fully saturated rings. The Morgan fingerprint density at radius 2 is 2.10 bits per heavy atom. The molecular weight excluding hydrogens is 248 g/mol. The molecule has 2 aromatic heterocycles. The SMILES string of the molecule is CCNC(Cc1cc(CC)nn1CC)c1ccccn1. The minimum atomic E-state index is 0.243. The molecule has 1 atom stereocenters. The molecule has 4 nitrogen and oxygen atoms in total. The first-order valence-electron chi connectivity index (χ1n) is 7.48. The van der Waals surface area contributed by atoms with Crippen molar-refractivity contribution in [3.8, 4) is 0 Å². The van der Waals surface area contributed by atoms with Crippen molar-refractivity contribution in [2.75, 3.05) is 6.54 Å². The van der Waals surface area contributed by atoms with Gasteiger partial charge < -0.3 is 5.32 Å². The molecule has 0 saturated heterocycles. The molecule has 108 valence electrons. The number of nitrogens with zero attached hydrogens (tertiary/aromatic N) is 3. The van der Waals surface area contributed by atoms with Crippen molar-refractivity contribution in [2.45, 2.75) is 46.2 Å². The summed E-state index contributed by atoms with van der Waals surface area (Å²) in [5.41, 5.74) is 3.54. The van der Waals surface area contributed by atoms with Crippen molar-refractivity contribution in [2.24, 2.45) is 0 Å². The van der Waals surface area contributed by atoms with E-state index in [4.69, 9.17) is 0 Å². The van der Waals surface area contributed by atoms with Crippen LogP contribution in [-0.2, 0) is 19.4 Å². The molecule has 0 amide bonds. The molecule has 0 saturated carbocycles. The van der Waals surface area contributed by atoms with Crippen LogP contribution in [0.3, 0.4) is 0 Å². The summed E-state index contributed by atoms with van der Waals surface area (Å²) in [6.07, 6.45) is 3.76. The second-order valence-electron chi connectivity index (χ2n) is 4.87. The number of likely N-dealkylation sites (N-methyl/N-ethyl adjacent to an activating group) is 1. The second-order valence-corrected chi connectivity index (χ2v) is 4.87. The van der Waals surface area contributed by atoms with Crippen molar-refractivity contribution in [1.29, 1.82) is 0 Å². The van der Waals surface area contributed by atoms with Gasteiger partial charge in [-0.1, -0.05) is 19.9 Å². The summed E-state index contributed by atoms with van der Waals surface area (Å²) in [6, 6.07) is 8.55. The number of hydrogen-bond acceptors (Lipinski definition) is 3. The Morgan fingerprint density at radius 1 is 1.25 bits per heavy atom. The van der Waals surface area contributed by atoms with Gasteiger partial charge in [-0.25, -0.2) is 0 Å². The molecule has 0 aliphatic rings. The molecule has 0 spiro atoms. The third kappa shape index (κ3) is 3.45. The first kappa shape index (κ1) is 14.7. The lowest BCUT2D eigenvalue weighted by Gasteiger charge is -2.17. The number of nitrogens with one attached hydrogen (secondary N) is 1. The Labute approximate surface area is 121 Å². The Morgan fingerprint density at radius 3 is 2.70 bits per heavy atom. The molecule has 2 aromatic rings. The highest BCUT2D eigenvalue weighted by molar-refractivity contribution is 5.16. The highest BCUT2D eigenvalue weighted by atomic mass is 15.3. The number of aromatic nitrogens is 3. The van der Waals surface area contributed by atoms with Crippen LogP contribution in [0.15, 0.2) is 30.5 Å². The minimum Gasteiger partial charge on any atom is -0.309 e. The van der Waals surface area contributed by atoms with Gasteiger partial charge in [-0.3, -0.25) is 9.67 Å². The molecule has 2 heterocycles. The van der Waals surface area contributed by atoms with Gasteiger partial charge in [-0.15, -0.1) is 0 Å². The molecular formula is C16H24N4. The van der Waals surface area contributed by atoms with Crippen LogP contribution in [0.2, 0.25) is 0 Å². The zero-order valence-electron chi connectivity index (χ0n) is 12.6. The van der Waals surface area contributed by atoms with Gasteiger partial charge in [0.25, 0.3) is 0 Å². The first-order chi connectivity index (χ1) is 9.78. The summed E-state index contributed by atoms with van der Waals surface area (Å²) in [5, 5.41) is 8.14. The maximum absolute atomic E-state index is 4.62. The van der Waals surface area contributed by atoms with Crippen LogP contribution in [0, 0.1) is 0 Å². The molecule has 20 heavy (non-hydrogen) atoms. The van der Waals surface area contributed by atoms with Gasteiger partial charge in [0.1, 0.15) is 0 Å². The predicted octanol–water partition coefficient (Wildman–Crippen LogP) is 2.75. The lowest BCUT2D eigenvalue weighted by atomic mass is 10.1. The predicted molar refractivity (Wildman–Crippen MR) is 81.6 cm³/mol. The summed E-state index contributed by atoms with van der Waals surface area (Å²) in [6.45, 7) is 8.26. The van der Waals surface area contributed by atoms with Crippen molar-refractivity contribution < 1.29 is 0 Å². The molecule has 0 aromatic carbocycles. The largest absolute Gasteiger partial charge is 0.309 e. The third-order valence-electron chi connectivity index (χ3n) is 3.48. The van der Waals surface area contributed by atoms with Gasteiger partial charge in [0.2, 0.25) is 0 Å². The van der Waals surface area contributed by atoms with Crippen molar-refractivity contribution in [3.05, 3.63) is 47.5 Å². The van der Waals surface area contributed by atoms with E-state index in [1.54, 1.807) is 0 Å². The van der Waals surface area contributed by atoms with Crippen LogP contribution in [0.4, 0.5) is 0 Å². The van der Waals surface area contributed by atoms with Gasteiger partial charge in [0.15, 0.2) is 0 Å². The fourth-order valence-electron chi connectivity index (χ4n) is 2.44. The van der Waals surface area contributed by atoms with Gasteiger partial charge in [0.05, 0.1) is 17.4 Å². The second kappa shape index (κ2) is 7.20. The van der Waals surface area contributed by atoms with Crippen LogP contribution >= 0.6 is 0 Å². The first-order valence-corrected chi connectivity index (χ1v) is 7.48. The van der Waals surface area contributed by atoms with E-state index in [9.17, 15) is 0 Å². The van der Waals surface area contributed by atoms with Gasteiger partial charge in [-0.05, 0) is 38.1 Å². The van der Waals surface area contributed by atoms with Crippen LogP contribution in [0.25, 0.3) is 0 Å². The molecule has 1 unspecified atom stereocenters. The van der Waals surface area contributed by atoms with Crippen LogP contribution in [-0.4, -0.2) is 21.3 Å². The number of rotatable bonds is 7. The monoisotopic (exact) mass is 272 g/mol. The summed E-state index contributed by atoms with van der Waals surface area (Å²) in [4.78, 5) is 4.48. The topological polar surface area (TPSA) is 42.7 Å². The molecule has 1 N–H and O–H groups in total. The summed E-state index contributed by atoms with van der Waals surface area (Å²) in [5.74, 6) is 0. The Kier molecular flexibility index (Phi) is 5.30. The van der Waals surface area contributed by atoms with E-state index in [1.165, 1.54) is 5.69 Å². The zero-order chi connectivity index (χ0) is 14.4. The fourth-order valence-corrected chi connectivity index (χ4v) is 2.44. The van der Waals surface area contributed by atoms with Crippen LogP contribution in [0.5, 0.6) is 0 Å². The standard InChI is InChI=1S/C16H24N4/c1-4-13-11-14(20(6-3)19-13)12-16(17-5-2)15-9-7-8-10-18-15/h7-11,16-17H,4-6,12H2,1-3H3. The highest BCUT2D eigenvalue weighted by Crippen LogP contribution is 2.17. The van der Waals surface area contributed by atoms with Crippen molar-refractivity contribution >= 4 is 0 Å². The molecule has 0 aliphatic carbocycles. The maximum atomic E-state index is 4.62. The molecule has 0 bridgehead atoms. The maximum Gasteiger partial charge on any atom is 0.0624 e. The Hall–Kier alpha value is -1.68. The lowest BCUT2D eigenvalue weighted by Crippen LogP contribution is -2.24. The molecule has 0 aliphatic heterocycles. The van der Waals surface area contributed by atoms with Crippen LogP contribution in [0.1, 0.15) is 43.9 Å². The zero-order valence-corrected chi connectivity index (χ0v) is 12.6. The van der Waals surface area contributed by atoms with E-state index in [1.807, 2.05) is 18.3 Å². The average Bonchev–Trinajstić information content (AvgIpc) is 2.90. The lowest BCUT2D eigenvalue weighted by molar-refractivity contribution is 0.506. The normalized spacial score (nSPS) is 12.6. The molecule has 2 rings (SSSR count). The number of pyridine rings is 1. The fraction of sp³-hybridized carbons (Fsp3) is 0.500. The summed E-state index contributed by atoms with van der Waals surface area (Å²) in [7, 11) is 0. The van der Waals surface area contributed by atoms with Gasteiger partial charge in [0, 0.05) is 24.9 Å². The van der Waals surface area contributed by atoms with E-state index in [0.717, 1.165) is 37.3 Å². The quantitative estimate of drug-likeness (QED) is 0.843. The minimum absolute atomic E-state index is 0.243. The molecule has 4 heteroatoms. The van der Waals surface area contributed by atoms with E-state index in [-0.39, 0.29) is 6.04 Å². The molecule has 0 radical (unpaired) electrons. The van der Waals surface area contributed by atoms with E-state index < -0.39 is 0 Å². The Balaban J connectivity index is 2.22.